The molecule has 1 N–H and O–H groups in total. The highest BCUT2D eigenvalue weighted by atomic mass is 16.5. The summed E-state index contributed by atoms with van der Waals surface area (Å²) in [6, 6.07) is 6.58. The fourth-order valence-corrected chi connectivity index (χ4v) is 2.12. The molecule has 0 radical (unpaired) electrons. The van der Waals surface area contributed by atoms with E-state index in [0.29, 0.717) is 29.9 Å². The number of aliphatic hydroxyl groups is 1. The topological polar surface area (TPSA) is 76.7 Å². The van der Waals surface area contributed by atoms with Crippen molar-refractivity contribution >= 4 is 16.8 Å². The minimum atomic E-state index is -0.476. The van der Waals surface area contributed by atoms with Crippen LogP contribution in [0, 0.1) is 0 Å². The van der Waals surface area contributed by atoms with Crippen LogP contribution in [0.25, 0.3) is 11.0 Å². The van der Waals surface area contributed by atoms with Gasteiger partial charge in [0, 0.05) is 30.5 Å². The van der Waals surface area contributed by atoms with Crippen LogP contribution in [0.15, 0.2) is 33.5 Å². The van der Waals surface area contributed by atoms with Gasteiger partial charge in [-0.15, -0.1) is 0 Å². The molecule has 0 aliphatic carbocycles. The average molecular weight is 290 g/mol. The maximum Gasteiger partial charge on any atom is 0.336 e. The summed E-state index contributed by atoms with van der Waals surface area (Å²) in [4.78, 5) is 22.8. The number of hydrogen-bond donors (Lipinski definition) is 1. The number of aliphatic hydroxyl groups excluding tert-OH is 1. The first-order valence-corrected chi connectivity index (χ1v) is 6.90. The van der Waals surface area contributed by atoms with Crippen molar-refractivity contribution < 1.29 is 19.1 Å². The lowest BCUT2D eigenvalue weighted by molar-refractivity contribution is -0.116. The fraction of sp³-hybridized carbons (Fsp3) is 0.375. The molecule has 1 heterocycles. The number of benzene rings is 1. The Hall–Kier alpha value is -2.14. The second kappa shape index (κ2) is 7.04. The quantitative estimate of drug-likeness (QED) is 0.624. The van der Waals surface area contributed by atoms with E-state index in [1.165, 1.54) is 13.0 Å². The van der Waals surface area contributed by atoms with Gasteiger partial charge in [0.25, 0.3) is 0 Å². The molecule has 0 saturated carbocycles. The lowest BCUT2D eigenvalue weighted by Crippen LogP contribution is -2.05. The van der Waals surface area contributed by atoms with Crippen molar-refractivity contribution in [1.82, 2.24) is 0 Å². The second-order valence-electron chi connectivity index (χ2n) is 4.91. The Labute approximate surface area is 122 Å². The van der Waals surface area contributed by atoms with Gasteiger partial charge in [-0.1, -0.05) is 0 Å². The summed E-state index contributed by atoms with van der Waals surface area (Å²) in [5, 5.41) is 9.45. The lowest BCUT2D eigenvalue weighted by atomic mass is 10.1. The van der Waals surface area contributed by atoms with Crippen LogP contribution < -0.4 is 10.4 Å². The van der Waals surface area contributed by atoms with Gasteiger partial charge >= 0.3 is 5.63 Å². The van der Waals surface area contributed by atoms with Gasteiger partial charge in [-0.2, -0.15) is 0 Å². The number of Topliss-reactive ketones (excluding diaryl/α,β-unsaturated/α-hetero) is 1. The SMILES string of the molecule is CC(=O)Cc1cc(=O)oc2cc(OCCCCO)ccc12. The molecule has 0 aliphatic rings. The third kappa shape index (κ3) is 4.16. The van der Waals surface area contributed by atoms with Crippen molar-refractivity contribution in [2.45, 2.75) is 26.2 Å². The standard InChI is InChI=1S/C16H18O5/c1-11(18)8-12-9-16(19)21-15-10-13(4-5-14(12)15)20-7-3-2-6-17/h4-5,9-10,17H,2-3,6-8H2,1H3. The molecule has 1 aromatic heterocycles. The summed E-state index contributed by atoms with van der Waals surface area (Å²) in [7, 11) is 0. The molecule has 0 amide bonds. The number of unbranched alkanes of at least 4 members (excludes halogenated alkanes) is 1. The summed E-state index contributed by atoms with van der Waals surface area (Å²) in [6.07, 6.45) is 1.65. The van der Waals surface area contributed by atoms with Crippen molar-refractivity contribution in [2.75, 3.05) is 13.2 Å². The highest BCUT2D eigenvalue weighted by molar-refractivity contribution is 5.87. The van der Waals surface area contributed by atoms with Crippen LogP contribution in [0.2, 0.25) is 0 Å². The second-order valence-corrected chi connectivity index (χ2v) is 4.91. The zero-order valence-corrected chi connectivity index (χ0v) is 11.9. The van der Waals surface area contributed by atoms with Crippen molar-refractivity contribution in [1.29, 1.82) is 0 Å². The van der Waals surface area contributed by atoms with Crippen molar-refractivity contribution in [3.8, 4) is 5.75 Å². The maximum atomic E-state index is 11.5. The van der Waals surface area contributed by atoms with Crippen LogP contribution in [0.4, 0.5) is 0 Å². The number of ether oxygens (including phenoxy) is 1. The molecule has 5 nitrogen and oxygen atoms in total. The number of ketones is 1. The fourth-order valence-electron chi connectivity index (χ4n) is 2.12. The molecule has 0 spiro atoms. The van der Waals surface area contributed by atoms with E-state index in [-0.39, 0.29) is 18.8 Å². The first kappa shape index (κ1) is 15.3. The Bertz CT molecular complexity index is 687. The molecule has 21 heavy (non-hydrogen) atoms. The van der Waals surface area contributed by atoms with Crippen molar-refractivity contribution in [3.05, 3.63) is 40.2 Å². The van der Waals surface area contributed by atoms with Crippen LogP contribution in [0.5, 0.6) is 5.75 Å². The summed E-state index contributed by atoms with van der Waals surface area (Å²) in [5.41, 5.74) is 0.607. The predicted molar refractivity (Wildman–Crippen MR) is 78.7 cm³/mol. The molecule has 0 fully saturated rings. The zero-order valence-electron chi connectivity index (χ0n) is 11.9. The number of carbonyl (C=O) groups is 1. The smallest absolute Gasteiger partial charge is 0.336 e. The highest BCUT2D eigenvalue weighted by Gasteiger charge is 2.09. The Morgan fingerprint density at radius 2 is 2.10 bits per heavy atom. The summed E-state index contributed by atoms with van der Waals surface area (Å²) >= 11 is 0. The Kier molecular flexibility index (Phi) is 5.11. The minimum Gasteiger partial charge on any atom is -0.493 e. The zero-order chi connectivity index (χ0) is 15.2. The van der Waals surface area contributed by atoms with E-state index in [1.54, 1.807) is 18.2 Å². The van der Waals surface area contributed by atoms with Crippen molar-refractivity contribution in [2.24, 2.45) is 0 Å². The third-order valence-corrected chi connectivity index (χ3v) is 3.06. The average Bonchev–Trinajstić information content (AvgIpc) is 2.42. The van der Waals surface area contributed by atoms with Gasteiger partial charge in [0.2, 0.25) is 0 Å². The predicted octanol–water partition coefficient (Wildman–Crippen LogP) is 2.08. The van der Waals surface area contributed by atoms with Gasteiger partial charge in [-0.3, -0.25) is 4.79 Å². The van der Waals surface area contributed by atoms with Crippen LogP contribution in [0.1, 0.15) is 25.3 Å². The summed E-state index contributed by atoms with van der Waals surface area (Å²) in [6.45, 7) is 2.12. The molecule has 5 heteroatoms. The third-order valence-electron chi connectivity index (χ3n) is 3.06. The molecule has 2 rings (SSSR count). The van der Waals surface area contributed by atoms with E-state index < -0.39 is 5.63 Å². The first-order valence-electron chi connectivity index (χ1n) is 6.90. The number of rotatable bonds is 7. The molecule has 1 aromatic carbocycles. The number of fused-ring (bicyclic) bond motifs is 1. The van der Waals surface area contributed by atoms with E-state index in [1.807, 2.05) is 0 Å². The summed E-state index contributed by atoms with van der Waals surface area (Å²) in [5.74, 6) is 0.592. The molecule has 0 unspecified atom stereocenters. The maximum absolute atomic E-state index is 11.5. The lowest BCUT2D eigenvalue weighted by Gasteiger charge is -2.08. The molecule has 2 aromatic rings. The Balaban J connectivity index is 2.26. The van der Waals surface area contributed by atoms with Gasteiger partial charge in [-0.05, 0) is 37.5 Å². The van der Waals surface area contributed by atoms with Gasteiger partial charge in [0.1, 0.15) is 17.1 Å². The summed E-state index contributed by atoms with van der Waals surface area (Å²) < 4.78 is 10.7. The van der Waals surface area contributed by atoms with Crippen LogP contribution in [-0.4, -0.2) is 24.1 Å². The van der Waals surface area contributed by atoms with Crippen molar-refractivity contribution in [3.63, 3.8) is 0 Å². The number of carbonyl (C=O) groups excluding carboxylic acids is 1. The molecule has 0 aliphatic heterocycles. The molecular weight excluding hydrogens is 272 g/mol. The molecule has 0 saturated heterocycles. The van der Waals surface area contributed by atoms with Gasteiger partial charge < -0.3 is 14.3 Å². The largest absolute Gasteiger partial charge is 0.493 e. The van der Waals surface area contributed by atoms with Crippen LogP contribution in [-0.2, 0) is 11.2 Å². The van der Waals surface area contributed by atoms with Crippen LogP contribution in [0.3, 0.4) is 0 Å². The minimum absolute atomic E-state index is 0.00812. The molecule has 0 atom stereocenters. The number of hydrogen-bond acceptors (Lipinski definition) is 5. The normalized spacial score (nSPS) is 10.8. The Morgan fingerprint density at radius 3 is 2.81 bits per heavy atom. The monoisotopic (exact) mass is 290 g/mol. The molecule has 112 valence electrons. The Morgan fingerprint density at radius 1 is 1.29 bits per heavy atom. The van der Waals surface area contributed by atoms with E-state index in [0.717, 1.165) is 11.8 Å². The van der Waals surface area contributed by atoms with Gasteiger partial charge in [0.05, 0.1) is 6.61 Å². The van der Waals surface area contributed by atoms with E-state index in [4.69, 9.17) is 14.3 Å². The van der Waals surface area contributed by atoms with Gasteiger partial charge in [-0.25, -0.2) is 4.79 Å². The van der Waals surface area contributed by atoms with E-state index in [2.05, 4.69) is 0 Å². The van der Waals surface area contributed by atoms with Gasteiger partial charge in [0.15, 0.2) is 0 Å². The molecule has 0 bridgehead atoms. The highest BCUT2D eigenvalue weighted by Crippen LogP contribution is 2.23. The first-order chi connectivity index (χ1) is 10.1. The van der Waals surface area contributed by atoms with E-state index in [9.17, 15) is 9.59 Å². The van der Waals surface area contributed by atoms with Crippen LogP contribution >= 0.6 is 0 Å². The van der Waals surface area contributed by atoms with E-state index >= 15 is 0 Å². The molecular formula is C16H18O5.